The fourth-order valence-electron chi connectivity index (χ4n) is 2.84. The molecule has 1 aliphatic heterocycles. The van der Waals surface area contributed by atoms with E-state index in [1.807, 2.05) is 50.2 Å². The number of benzene rings is 2. The van der Waals surface area contributed by atoms with E-state index in [1.54, 1.807) is 6.07 Å². The number of ether oxygens (including phenoxy) is 1. The number of aryl methyl sites for hydroxylation is 1. The Hall–Kier alpha value is -2.86. The number of nitrogens with one attached hydrogen (secondary N) is 1. The van der Waals surface area contributed by atoms with Gasteiger partial charge in [-0.1, -0.05) is 30.7 Å². The van der Waals surface area contributed by atoms with Crippen LogP contribution in [0, 0.1) is 6.92 Å². The van der Waals surface area contributed by atoms with E-state index in [9.17, 15) is 9.59 Å². The molecule has 3 rings (SSSR count). The molecule has 2 amide bonds. The van der Waals surface area contributed by atoms with Crippen LogP contribution in [0.1, 0.15) is 30.5 Å². The second-order valence-electron chi connectivity index (χ2n) is 6.42. The van der Waals surface area contributed by atoms with Gasteiger partial charge in [0.2, 0.25) is 5.91 Å². The third-order valence-electron chi connectivity index (χ3n) is 4.43. The first kappa shape index (κ1) is 17.9. The Morgan fingerprint density at radius 1 is 1.27 bits per heavy atom. The summed E-state index contributed by atoms with van der Waals surface area (Å²) in [5, 5.41) is 2.82. The van der Waals surface area contributed by atoms with Crippen LogP contribution in [0.5, 0.6) is 5.75 Å². The quantitative estimate of drug-likeness (QED) is 0.866. The summed E-state index contributed by atoms with van der Waals surface area (Å²) in [5.41, 5.74) is 9.40. The fraction of sp³-hybridized carbons (Fsp3) is 0.300. The van der Waals surface area contributed by atoms with E-state index >= 15 is 0 Å². The second kappa shape index (κ2) is 7.58. The summed E-state index contributed by atoms with van der Waals surface area (Å²) in [5.74, 6) is 0.0683. The summed E-state index contributed by atoms with van der Waals surface area (Å²) in [7, 11) is 0. The maximum absolute atomic E-state index is 12.4. The zero-order valence-corrected chi connectivity index (χ0v) is 15.0. The lowest BCUT2D eigenvalue weighted by Gasteiger charge is -2.29. The van der Waals surface area contributed by atoms with Gasteiger partial charge >= 0.3 is 0 Å². The molecule has 0 aromatic heterocycles. The normalized spacial score (nSPS) is 14.4. The summed E-state index contributed by atoms with van der Waals surface area (Å²) in [6, 6.07) is 12.9. The number of carbonyl (C=O) groups excluding carboxylic acids is 2. The predicted molar refractivity (Wildman–Crippen MR) is 101 cm³/mol. The molecule has 6 nitrogen and oxygen atoms in total. The van der Waals surface area contributed by atoms with E-state index in [0.717, 1.165) is 17.5 Å². The zero-order valence-electron chi connectivity index (χ0n) is 15.0. The van der Waals surface area contributed by atoms with Gasteiger partial charge in [0.05, 0.1) is 5.69 Å². The average molecular weight is 353 g/mol. The summed E-state index contributed by atoms with van der Waals surface area (Å²) in [6.07, 6.45) is 0.779. The molecule has 6 heteroatoms. The zero-order chi connectivity index (χ0) is 18.7. The summed E-state index contributed by atoms with van der Waals surface area (Å²) < 4.78 is 5.48. The van der Waals surface area contributed by atoms with Gasteiger partial charge in [0.1, 0.15) is 12.3 Å². The van der Waals surface area contributed by atoms with Crippen molar-refractivity contribution in [1.29, 1.82) is 0 Å². The molecular weight excluding hydrogens is 330 g/mol. The Kier molecular flexibility index (Phi) is 5.23. The topological polar surface area (TPSA) is 84.7 Å². The Bertz CT molecular complexity index is 818. The third-order valence-corrected chi connectivity index (χ3v) is 4.43. The molecule has 0 fully saturated rings. The highest BCUT2D eigenvalue weighted by Crippen LogP contribution is 2.34. The number of fused-ring (bicyclic) bond motifs is 1. The van der Waals surface area contributed by atoms with Gasteiger partial charge in [-0.3, -0.25) is 14.5 Å². The number of nitrogens with zero attached hydrogens (tertiary/aromatic N) is 1. The lowest BCUT2D eigenvalue weighted by molar-refractivity contribution is -0.123. The van der Waals surface area contributed by atoms with Gasteiger partial charge in [0.25, 0.3) is 5.91 Å². The number of hydrogen-bond donors (Lipinski definition) is 2. The van der Waals surface area contributed by atoms with Crippen molar-refractivity contribution in [3.63, 3.8) is 0 Å². The highest BCUT2D eigenvalue weighted by molar-refractivity contribution is 6.05. The molecule has 2 aromatic carbocycles. The lowest BCUT2D eigenvalue weighted by atomic mass is 10.0. The molecule has 2 aromatic rings. The molecule has 1 aliphatic rings. The molecule has 1 unspecified atom stereocenters. The lowest BCUT2D eigenvalue weighted by Crippen LogP contribution is -2.43. The Labute approximate surface area is 152 Å². The highest BCUT2D eigenvalue weighted by Gasteiger charge is 2.28. The summed E-state index contributed by atoms with van der Waals surface area (Å²) >= 11 is 0. The van der Waals surface area contributed by atoms with Crippen molar-refractivity contribution in [3.8, 4) is 5.75 Å². The number of nitrogens with two attached hydrogens (primary N) is 1. The first-order valence-corrected chi connectivity index (χ1v) is 8.67. The number of rotatable bonds is 5. The van der Waals surface area contributed by atoms with E-state index in [-0.39, 0.29) is 31.0 Å². The van der Waals surface area contributed by atoms with Crippen LogP contribution < -0.4 is 20.7 Å². The molecule has 0 saturated carbocycles. The minimum absolute atomic E-state index is 0.0755. The maximum Gasteiger partial charge on any atom is 0.265 e. The van der Waals surface area contributed by atoms with Gasteiger partial charge in [-0.05, 0) is 43.2 Å². The summed E-state index contributed by atoms with van der Waals surface area (Å²) in [6.45, 7) is 3.82. The van der Waals surface area contributed by atoms with Crippen LogP contribution in [-0.4, -0.2) is 25.0 Å². The molecule has 0 bridgehead atoms. The number of anilines is 2. The number of amides is 2. The Morgan fingerprint density at radius 3 is 2.69 bits per heavy atom. The van der Waals surface area contributed by atoms with E-state index in [4.69, 9.17) is 10.5 Å². The van der Waals surface area contributed by atoms with Crippen molar-refractivity contribution < 1.29 is 14.3 Å². The molecule has 0 saturated heterocycles. The molecule has 26 heavy (non-hydrogen) atoms. The van der Waals surface area contributed by atoms with Crippen LogP contribution in [-0.2, 0) is 9.59 Å². The molecule has 3 N–H and O–H groups in total. The van der Waals surface area contributed by atoms with Crippen LogP contribution in [0.2, 0.25) is 0 Å². The smallest absolute Gasteiger partial charge is 0.265 e. The van der Waals surface area contributed by atoms with Crippen molar-refractivity contribution >= 4 is 23.2 Å². The summed E-state index contributed by atoms with van der Waals surface area (Å²) in [4.78, 5) is 26.2. The standard InChI is InChI=1S/C20H23N3O3/c1-3-16(21)14-6-9-18-17(10-14)23(20(25)12-26-18)11-19(24)22-15-7-4-13(2)5-8-15/h4-10,16H,3,11-12,21H2,1-2H3,(H,22,24). The van der Waals surface area contributed by atoms with E-state index in [1.165, 1.54) is 4.90 Å². The highest BCUT2D eigenvalue weighted by atomic mass is 16.5. The second-order valence-corrected chi connectivity index (χ2v) is 6.42. The number of hydrogen-bond acceptors (Lipinski definition) is 4. The van der Waals surface area contributed by atoms with Crippen molar-refractivity contribution in [2.24, 2.45) is 5.73 Å². The van der Waals surface area contributed by atoms with Gasteiger partial charge in [0, 0.05) is 11.7 Å². The van der Waals surface area contributed by atoms with Gasteiger partial charge < -0.3 is 15.8 Å². The maximum atomic E-state index is 12.4. The van der Waals surface area contributed by atoms with Crippen LogP contribution >= 0.6 is 0 Å². The van der Waals surface area contributed by atoms with Crippen LogP contribution in [0.15, 0.2) is 42.5 Å². The molecule has 0 aliphatic carbocycles. The minimum atomic E-state index is -0.264. The minimum Gasteiger partial charge on any atom is -0.482 e. The van der Waals surface area contributed by atoms with E-state index < -0.39 is 0 Å². The van der Waals surface area contributed by atoms with Crippen LogP contribution in [0.3, 0.4) is 0 Å². The van der Waals surface area contributed by atoms with Gasteiger partial charge in [-0.15, -0.1) is 0 Å². The monoisotopic (exact) mass is 353 g/mol. The van der Waals surface area contributed by atoms with Gasteiger partial charge in [-0.25, -0.2) is 0 Å². The average Bonchev–Trinajstić information content (AvgIpc) is 2.65. The molecule has 136 valence electrons. The SMILES string of the molecule is CCC(N)c1ccc2c(c1)N(CC(=O)Nc1ccc(C)cc1)C(=O)CO2. The van der Waals surface area contributed by atoms with Crippen LogP contribution in [0.25, 0.3) is 0 Å². The number of carbonyl (C=O) groups is 2. The van der Waals surface area contributed by atoms with Crippen molar-refractivity contribution in [2.45, 2.75) is 26.3 Å². The molecular formula is C20H23N3O3. The van der Waals surface area contributed by atoms with E-state index in [0.29, 0.717) is 17.1 Å². The fourth-order valence-corrected chi connectivity index (χ4v) is 2.84. The van der Waals surface area contributed by atoms with Crippen molar-refractivity contribution in [3.05, 3.63) is 53.6 Å². The van der Waals surface area contributed by atoms with Gasteiger partial charge in [-0.2, -0.15) is 0 Å². The van der Waals surface area contributed by atoms with E-state index in [2.05, 4.69) is 5.32 Å². The molecule has 1 heterocycles. The van der Waals surface area contributed by atoms with Crippen molar-refractivity contribution in [1.82, 2.24) is 0 Å². The largest absolute Gasteiger partial charge is 0.482 e. The first-order valence-electron chi connectivity index (χ1n) is 8.67. The Morgan fingerprint density at radius 2 is 2.00 bits per heavy atom. The Balaban J connectivity index is 1.80. The molecule has 1 atom stereocenters. The van der Waals surface area contributed by atoms with Gasteiger partial charge in [0.15, 0.2) is 6.61 Å². The third kappa shape index (κ3) is 3.86. The molecule has 0 radical (unpaired) electrons. The van der Waals surface area contributed by atoms with Crippen molar-refractivity contribution in [2.75, 3.05) is 23.4 Å². The predicted octanol–water partition coefficient (Wildman–Crippen LogP) is 2.77. The molecule has 0 spiro atoms. The van der Waals surface area contributed by atoms with Crippen LogP contribution in [0.4, 0.5) is 11.4 Å². The first-order chi connectivity index (χ1) is 12.5.